The van der Waals surface area contributed by atoms with Crippen LogP contribution in [0.15, 0.2) is 65.6 Å². The van der Waals surface area contributed by atoms with E-state index in [-0.39, 0.29) is 16.9 Å². The largest absolute Gasteiger partial charge is 0.507 e. The summed E-state index contributed by atoms with van der Waals surface area (Å²) in [6.07, 6.45) is 0. The van der Waals surface area contributed by atoms with E-state index in [1.165, 1.54) is 36.5 Å². The van der Waals surface area contributed by atoms with Gasteiger partial charge in [-0.2, -0.15) is 0 Å². The first kappa shape index (κ1) is 21.0. The van der Waals surface area contributed by atoms with Crippen LogP contribution in [0.3, 0.4) is 0 Å². The summed E-state index contributed by atoms with van der Waals surface area (Å²) in [5, 5.41) is 13.4. The minimum atomic E-state index is -0.833. The van der Waals surface area contributed by atoms with Crippen LogP contribution in [0.5, 0.6) is 11.5 Å². The molecule has 0 bridgehead atoms. The number of aliphatic hydroxyl groups excluding tert-OH is 1. The number of hydrogen-bond acceptors (Lipinski definition) is 6. The van der Waals surface area contributed by atoms with Crippen LogP contribution >= 0.6 is 22.9 Å². The van der Waals surface area contributed by atoms with Gasteiger partial charge in [0.1, 0.15) is 23.3 Å². The summed E-state index contributed by atoms with van der Waals surface area (Å²) in [7, 11) is 2.94. The van der Waals surface area contributed by atoms with Crippen molar-refractivity contribution in [2.45, 2.75) is 6.04 Å². The van der Waals surface area contributed by atoms with Gasteiger partial charge in [0.15, 0.2) is 0 Å². The Balaban J connectivity index is 1.98. The zero-order valence-electron chi connectivity index (χ0n) is 16.7. The third-order valence-electron chi connectivity index (χ3n) is 5.02. The molecule has 1 amide bonds. The van der Waals surface area contributed by atoms with Gasteiger partial charge in [-0.3, -0.25) is 14.5 Å². The van der Waals surface area contributed by atoms with Crippen molar-refractivity contribution in [2.75, 3.05) is 19.1 Å². The average molecular weight is 456 g/mol. The van der Waals surface area contributed by atoms with Crippen molar-refractivity contribution in [1.82, 2.24) is 0 Å². The summed E-state index contributed by atoms with van der Waals surface area (Å²) in [6, 6.07) is 14.4. The van der Waals surface area contributed by atoms with Crippen molar-refractivity contribution in [3.05, 3.63) is 81.0 Å². The maximum Gasteiger partial charge on any atom is 0.300 e. The monoisotopic (exact) mass is 455 g/mol. The number of Topliss-reactive ketones (excluding diaryl/α,β-unsaturated/α-hetero) is 1. The number of hydrogen-bond donors (Lipinski definition) is 1. The molecular formula is C23H18ClNO5S. The highest BCUT2D eigenvalue weighted by molar-refractivity contribution is 7.10. The van der Waals surface area contributed by atoms with Crippen molar-refractivity contribution < 1.29 is 24.2 Å². The molecule has 2 heterocycles. The molecule has 1 saturated heterocycles. The predicted molar refractivity (Wildman–Crippen MR) is 120 cm³/mol. The number of aliphatic hydroxyl groups is 1. The quantitative estimate of drug-likeness (QED) is 0.331. The van der Waals surface area contributed by atoms with E-state index in [4.69, 9.17) is 21.1 Å². The Kier molecular flexibility index (Phi) is 5.71. The van der Waals surface area contributed by atoms with Gasteiger partial charge < -0.3 is 14.6 Å². The Labute approximate surface area is 187 Å². The van der Waals surface area contributed by atoms with Gasteiger partial charge in [0.25, 0.3) is 11.7 Å². The number of anilines is 1. The van der Waals surface area contributed by atoms with Crippen LogP contribution in [0.2, 0.25) is 5.02 Å². The number of carbonyl (C=O) groups is 2. The zero-order chi connectivity index (χ0) is 22.1. The van der Waals surface area contributed by atoms with E-state index in [9.17, 15) is 14.7 Å². The molecule has 4 rings (SSSR count). The lowest BCUT2D eigenvalue weighted by Crippen LogP contribution is -2.29. The molecular weight excluding hydrogens is 438 g/mol. The number of nitrogens with zero attached hydrogens (tertiary/aromatic N) is 1. The second kappa shape index (κ2) is 8.45. The molecule has 1 aliphatic heterocycles. The van der Waals surface area contributed by atoms with E-state index in [1.807, 2.05) is 17.5 Å². The van der Waals surface area contributed by atoms with Gasteiger partial charge >= 0.3 is 0 Å². The normalized spacial score (nSPS) is 17.8. The third kappa shape index (κ3) is 3.56. The lowest BCUT2D eigenvalue weighted by Gasteiger charge is -2.25. The highest BCUT2D eigenvalue weighted by Gasteiger charge is 2.48. The van der Waals surface area contributed by atoms with E-state index in [2.05, 4.69) is 0 Å². The van der Waals surface area contributed by atoms with Gasteiger partial charge in [-0.25, -0.2) is 0 Å². The fourth-order valence-corrected chi connectivity index (χ4v) is 4.63. The molecule has 6 nitrogen and oxygen atoms in total. The molecule has 0 saturated carbocycles. The molecule has 1 fully saturated rings. The van der Waals surface area contributed by atoms with Crippen LogP contribution in [-0.2, 0) is 9.59 Å². The molecule has 1 unspecified atom stereocenters. The number of para-hydroxylation sites is 2. The molecule has 0 spiro atoms. The highest BCUT2D eigenvalue weighted by Crippen LogP contribution is 2.46. The molecule has 1 aromatic heterocycles. The van der Waals surface area contributed by atoms with Gasteiger partial charge in [-0.05, 0) is 41.8 Å². The minimum absolute atomic E-state index is 0.0427. The standard InChI is InChI=1S/C23H18ClNO5S/c1-29-16-10-9-13(24)12-14(16)21(26)19-20(18-8-5-11-31-18)25(23(28)22(19)27)15-6-3-4-7-17(15)30-2/h3-12,20,26H,1-2H3/b21-19-. The van der Waals surface area contributed by atoms with Crippen LogP contribution in [0.1, 0.15) is 16.5 Å². The summed E-state index contributed by atoms with van der Waals surface area (Å²) >= 11 is 7.50. The predicted octanol–water partition coefficient (Wildman–Crippen LogP) is 5.05. The maximum absolute atomic E-state index is 13.2. The number of methoxy groups -OCH3 is 2. The molecule has 158 valence electrons. The Morgan fingerprint density at radius 3 is 2.45 bits per heavy atom. The molecule has 0 radical (unpaired) electrons. The highest BCUT2D eigenvalue weighted by atomic mass is 35.5. The number of thiophene rings is 1. The Morgan fingerprint density at radius 1 is 1.03 bits per heavy atom. The fourth-order valence-electron chi connectivity index (χ4n) is 3.64. The first-order chi connectivity index (χ1) is 15.0. The Hall–Kier alpha value is -3.29. The summed E-state index contributed by atoms with van der Waals surface area (Å²) in [6.45, 7) is 0. The van der Waals surface area contributed by atoms with Crippen LogP contribution in [0.25, 0.3) is 5.76 Å². The Bertz CT molecular complexity index is 1190. The van der Waals surface area contributed by atoms with E-state index in [0.717, 1.165) is 0 Å². The average Bonchev–Trinajstić information content (AvgIpc) is 3.40. The first-order valence-corrected chi connectivity index (χ1v) is 10.5. The van der Waals surface area contributed by atoms with Crippen molar-refractivity contribution in [1.29, 1.82) is 0 Å². The number of rotatable bonds is 5. The third-order valence-corrected chi connectivity index (χ3v) is 6.18. The van der Waals surface area contributed by atoms with Gasteiger partial charge in [-0.15, -0.1) is 11.3 Å². The van der Waals surface area contributed by atoms with Crippen LogP contribution in [-0.4, -0.2) is 31.0 Å². The van der Waals surface area contributed by atoms with Gasteiger partial charge in [0, 0.05) is 9.90 Å². The molecule has 1 N–H and O–H groups in total. The van der Waals surface area contributed by atoms with Crippen LogP contribution < -0.4 is 14.4 Å². The van der Waals surface area contributed by atoms with Gasteiger partial charge in [0.2, 0.25) is 0 Å². The summed E-state index contributed by atoms with van der Waals surface area (Å²) < 4.78 is 10.8. The lowest BCUT2D eigenvalue weighted by atomic mass is 9.99. The first-order valence-electron chi connectivity index (χ1n) is 9.29. The molecule has 31 heavy (non-hydrogen) atoms. The van der Waals surface area contributed by atoms with E-state index < -0.39 is 17.7 Å². The number of carbonyl (C=O) groups excluding carboxylic acids is 2. The topological polar surface area (TPSA) is 76.1 Å². The number of halogens is 1. The molecule has 8 heteroatoms. The van der Waals surface area contributed by atoms with Crippen molar-refractivity contribution in [2.24, 2.45) is 0 Å². The second-order valence-electron chi connectivity index (χ2n) is 6.70. The summed E-state index contributed by atoms with van der Waals surface area (Å²) in [4.78, 5) is 28.4. The van der Waals surface area contributed by atoms with E-state index >= 15 is 0 Å². The smallest absolute Gasteiger partial charge is 0.300 e. The van der Waals surface area contributed by atoms with Crippen LogP contribution in [0.4, 0.5) is 5.69 Å². The molecule has 1 aliphatic rings. The molecule has 1 atom stereocenters. The maximum atomic E-state index is 13.2. The SMILES string of the molecule is COc1ccc(Cl)cc1/C(O)=C1/C(=O)C(=O)N(c2ccccc2OC)C1c1cccs1. The summed E-state index contributed by atoms with van der Waals surface area (Å²) in [5.41, 5.74) is 0.621. The van der Waals surface area contributed by atoms with E-state index in [0.29, 0.717) is 27.1 Å². The van der Waals surface area contributed by atoms with Crippen molar-refractivity contribution >= 4 is 46.1 Å². The molecule has 3 aromatic rings. The zero-order valence-corrected chi connectivity index (χ0v) is 18.2. The Morgan fingerprint density at radius 2 is 1.77 bits per heavy atom. The lowest BCUT2D eigenvalue weighted by molar-refractivity contribution is -0.132. The van der Waals surface area contributed by atoms with Crippen molar-refractivity contribution in [3.63, 3.8) is 0 Å². The van der Waals surface area contributed by atoms with Crippen LogP contribution in [0, 0.1) is 0 Å². The second-order valence-corrected chi connectivity index (χ2v) is 8.12. The minimum Gasteiger partial charge on any atom is -0.507 e. The number of ketones is 1. The number of amides is 1. The molecule has 2 aromatic carbocycles. The van der Waals surface area contributed by atoms with Gasteiger partial charge in [-0.1, -0.05) is 29.8 Å². The number of benzene rings is 2. The van der Waals surface area contributed by atoms with E-state index in [1.54, 1.807) is 36.4 Å². The molecule has 0 aliphatic carbocycles. The fraction of sp³-hybridized carbons (Fsp3) is 0.130. The summed E-state index contributed by atoms with van der Waals surface area (Å²) in [5.74, 6) is -1.15. The number of ether oxygens (including phenoxy) is 2. The van der Waals surface area contributed by atoms with Crippen molar-refractivity contribution in [3.8, 4) is 11.5 Å². The van der Waals surface area contributed by atoms with Gasteiger partial charge in [0.05, 0.1) is 31.0 Å².